The largest absolute Gasteiger partial charge is 0.444 e. The Morgan fingerprint density at radius 3 is 2.06 bits per heavy atom. The van der Waals surface area contributed by atoms with Crippen molar-refractivity contribution >= 4 is 39.4 Å². The van der Waals surface area contributed by atoms with Crippen LogP contribution in [0.5, 0.6) is 0 Å². The van der Waals surface area contributed by atoms with Crippen LogP contribution in [0, 0.1) is 23.2 Å². The summed E-state index contributed by atoms with van der Waals surface area (Å²) in [6, 6.07) is -2.91. The van der Waals surface area contributed by atoms with Gasteiger partial charge in [-0.3, -0.25) is 19.2 Å². The Balaban J connectivity index is 1.52. The third kappa shape index (κ3) is 10.2. The number of nitrogens with zero attached hydrogens (tertiary/aromatic N) is 1. The number of ether oxygens (including phenoxy) is 1. The number of sulfone groups is 1. The zero-order valence-electron chi connectivity index (χ0n) is 30.5. The minimum Gasteiger partial charge on any atom is -0.444 e. The highest BCUT2D eigenvalue weighted by Gasteiger charge is 2.69. The number of carbonyl (C=O) groups excluding carboxylic acids is 5. The molecular weight excluding hydrogens is 648 g/mol. The molecule has 2 aliphatic carbocycles. The van der Waals surface area contributed by atoms with Crippen LogP contribution in [0.25, 0.3) is 0 Å². The van der Waals surface area contributed by atoms with E-state index in [2.05, 4.69) is 36.7 Å². The van der Waals surface area contributed by atoms with E-state index in [9.17, 15) is 32.4 Å². The number of amides is 4. The number of hydrogen-bond donors (Lipinski definition) is 3. The molecule has 2 heterocycles. The molecule has 12 nitrogen and oxygen atoms in total. The number of Topliss-reactive ketones (excluding diaryl/α,β-unsaturated/α-hetero) is 1. The van der Waals surface area contributed by atoms with Gasteiger partial charge in [0.25, 0.3) is 5.91 Å². The highest BCUT2D eigenvalue weighted by atomic mass is 32.2. The smallest absolute Gasteiger partial charge is 0.408 e. The minimum absolute atomic E-state index is 0.0744. The van der Waals surface area contributed by atoms with Crippen molar-refractivity contribution in [2.45, 2.75) is 160 Å². The Morgan fingerprint density at radius 2 is 1.47 bits per heavy atom. The second kappa shape index (κ2) is 16.1. The second-order valence-electron chi connectivity index (χ2n) is 16.6. The monoisotopic (exact) mass is 708 g/mol. The van der Waals surface area contributed by atoms with Gasteiger partial charge in [-0.05, 0) is 82.5 Å². The maximum Gasteiger partial charge on any atom is 0.408 e. The quantitative estimate of drug-likeness (QED) is 0.342. The first-order valence-corrected chi connectivity index (χ1v) is 20.3. The molecule has 2 saturated carbocycles. The lowest BCUT2D eigenvalue weighted by Gasteiger charge is -2.34. The molecule has 0 aromatic carbocycles. The molecule has 2 saturated heterocycles. The molecule has 4 aliphatic rings. The molecule has 0 aromatic heterocycles. The van der Waals surface area contributed by atoms with E-state index in [1.807, 2.05) is 0 Å². The normalized spacial score (nSPS) is 31.7. The number of ketones is 1. The summed E-state index contributed by atoms with van der Waals surface area (Å²) < 4.78 is 31.5. The standard InChI is InChI=1S/C36H60N4O8S/c1-23-17-19-24(20-18-23)49(46,47)22-37-32(43)30(41)26-15-13-11-9-7-8-10-12-14-16-27(39-34(45)48-35(2,3)4)33(44)40-21-25-28(36(25,5)6)29(40)31(42)38-26/h23-29H,7-22H2,1-6H3,(H,37,43)(H,38,42)(H,39,45)/t23?,24?,25-,26+,27+,28-,29-/m0/s1. The van der Waals surface area contributed by atoms with E-state index < -0.39 is 68.4 Å². The molecule has 0 unspecified atom stereocenters. The highest BCUT2D eigenvalue weighted by Crippen LogP contribution is 2.65. The molecule has 5 atom stereocenters. The Bertz CT molecular complexity index is 1330. The van der Waals surface area contributed by atoms with E-state index in [0.717, 1.165) is 57.8 Å². The first kappa shape index (κ1) is 39.1. The van der Waals surface area contributed by atoms with Crippen molar-refractivity contribution in [2.24, 2.45) is 23.2 Å². The van der Waals surface area contributed by atoms with Gasteiger partial charge in [0, 0.05) is 6.54 Å². The number of hydrogen-bond acceptors (Lipinski definition) is 8. The molecule has 4 fully saturated rings. The average Bonchev–Trinajstić information content (AvgIpc) is 3.32. The number of carbonyl (C=O) groups is 5. The van der Waals surface area contributed by atoms with Gasteiger partial charge in [0.05, 0.1) is 11.3 Å². The van der Waals surface area contributed by atoms with Crippen molar-refractivity contribution in [2.75, 3.05) is 12.4 Å². The van der Waals surface area contributed by atoms with Crippen molar-refractivity contribution in [1.82, 2.24) is 20.9 Å². The van der Waals surface area contributed by atoms with E-state index in [1.54, 1.807) is 20.8 Å². The first-order chi connectivity index (χ1) is 22.9. The van der Waals surface area contributed by atoms with Gasteiger partial charge in [-0.25, -0.2) is 13.2 Å². The predicted molar refractivity (Wildman–Crippen MR) is 186 cm³/mol. The summed E-state index contributed by atoms with van der Waals surface area (Å²) in [6.45, 7) is 11.8. The molecule has 0 spiro atoms. The summed E-state index contributed by atoms with van der Waals surface area (Å²) in [7, 11) is -3.64. The van der Waals surface area contributed by atoms with Gasteiger partial charge in [-0.2, -0.15) is 0 Å². The topological polar surface area (TPSA) is 168 Å². The van der Waals surface area contributed by atoms with Crippen LogP contribution in [0.1, 0.15) is 131 Å². The van der Waals surface area contributed by atoms with Crippen LogP contribution in [0.4, 0.5) is 4.79 Å². The number of fused-ring (bicyclic) bond motifs is 3. The molecule has 0 radical (unpaired) electrons. The third-order valence-corrected chi connectivity index (χ3v) is 13.3. The first-order valence-electron chi connectivity index (χ1n) is 18.6. The second-order valence-corrected chi connectivity index (χ2v) is 18.9. The van der Waals surface area contributed by atoms with Crippen molar-refractivity contribution in [1.29, 1.82) is 0 Å². The van der Waals surface area contributed by atoms with Gasteiger partial charge in [0.1, 0.15) is 23.6 Å². The fourth-order valence-corrected chi connectivity index (χ4v) is 9.68. The molecule has 13 heteroatoms. The van der Waals surface area contributed by atoms with Crippen molar-refractivity contribution < 1.29 is 37.1 Å². The van der Waals surface area contributed by atoms with Crippen LogP contribution in [0.15, 0.2) is 0 Å². The summed E-state index contributed by atoms with van der Waals surface area (Å²) in [5, 5.41) is 7.40. The van der Waals surface area contributed by atoms with E-state index in [4.69, 9.17) is 4.74 Å². The molecule has 2 aliphatic heterocycles. The molecule has 3 N–H and O–H groups in total. The third-order valence-electron chi connectivity index (χ3n) is 11.2. The lowest BCUT2D eigenvalue weighted by molar-refractivity contribution is -0.144. The lowest BCUT2D eigenvalue weighted by atomic mass is 9.91. The Morgan fingerprint density at radius 1 is 0.898 bits per heavy atom. The van der Waals surface area contributed by atoms with Crippen LogP contribution in [-0.4, -0.2) is 84.3 Å². The van der Waals surface area contributed by atoms with Crippen LogP contribution in [0.3, 0.4) is 0 Å². The maximum absolute atomic E-state index is 14.1. The number of alkyl carbamates (subject to hydrolysis) is 1. The van der Waals surface area contributed by atoms with Gasteiger partial charge in [-0.1, -0.05) is 72.1 Å². The van der Waals surface area contributed by atoms with Gasteiger partial charge in [0.2, 0.25) is 17.6 Å². The predicted octanol–water partition coefficient (Wildman–Crippen LogP) is 4.40. The number of nitrogens with one attached hydrogen (secondary N) is 3. The maximum atomic E-state index is 14.1. The Hall–Kier alpha value is -2.70. The molecule has 278 valence electrons. The summed E-state index contributed by atoms with van der Waals surface area (Å²) >= 11 is 0. The van der Waals surface area contributed by atoms with E-state index in [-0.39, 0.29) is 29.6 Å². The van der Waals surface area contributed by atoms with Crippen molar-refractivity contribution in [3.63, 3.8) is 0 Å². The Labute approximate surface area is 292 Å². The Kier molecular flexibility index (Phi) is 12.8. The van der Waals surface area contributed by atoms with Gasteiger partial charge in [-0.15, -0.1) is 0 Å². The van der Waals surface area contributed by atoms with E-state index in [0.29, 0.717) is 38.1 Å². The van der Waals surface area contributed by atoms with Gasteiger partial charge < -0.3 is 25.6 Å². The fraction of sp³-hybridized carbons (Fsp3) is 0.861. The summed E-state index contributed by atoms with van der Waals surface area (Å²) in [5.74, 6) is -3.01. The summed E-state index contributed by atoms with van der Waals surface area (Å²) in [6.07, 6.45) is 9.64. The molecule has 0 bridgehead atoms. The van der Waals surface area contributed by atoms with Crippen molar-refractivity contribution in [3.8, 4) is 0 Å². The summed E-state index contributed by atoms with van der Waals surface area (Å²) in [4.78, 5) is 69.3. The van der Waals surface area contributed by atoms with Crippen LogP contribution in [0.2, 0.25) is 0 Å². The SMILES string of the molecule is CC1CCC(S(=O)(=O)CNC(=O)C(=O)[C@H]2CCCCCCCCCC[C@@H](NC(=O)OC(C)(C)C)C(=O)N3C[C@H]4[C@@H]([C@H]3C(=O)N2)C4(C)C)CC1. The number of rotatable bonds is 6. The lowest BCUT2D eigenvalue weighted by Crippen LogP contribution is -2.58. The molecular formula is C36H60N4O8S. The zero-order chi connectivity index (χ0) is 36.1. The molecule has 0 aromatic rings. The van der Waals surface area contributed by atoms with Crippen LogP contribution in [-0.2, 0) is 33.8 Å². The average molecular weight is 709 g/mol. The highest BCUT2D eigenvalue weighted by molar-refractivity contribution is 7.92. The van der Waals surface area contributed by atoms with Gasteiger partial charge in [0.15, 0.2) is 9.84 Å². The zero-order valence-corrected chi connectivity index (χ0v) is 31.3. The molecule has 4 amide bonds. The van der Waals surface area contributed by atoms with Crippen LogP contribution >= 0.6 is 0 Å². The van der Waals surface area contributed by atoms with Crippen molar-refractivity contribution in [3.05, 3.63) is 0 Å². The van der Waals surface area contributed by atoms with E-state index >= 15 is 0 Å². The molecule has 4 rings (SSSR count). The van der Waals surface area contributed by atoms with Gasteiger partial charge >= 0.3 is 6.09 Å². The fourth-order valence-electron chi connectivity index (χ4n) is 8.12. The van der Waals surface area contributed by atoms with E-state index in [1.165, 1.54) is 4.90 Å². The van der Waals surface area contributed by atoms with Crippen LogP contribution < -0.4 is 16.0 Å². The number of piperidine rings is 1. The summed E-state index contributed by atoms with van der Waals surface area (Å²) in [5.41, 5.74) is -0.952. The molecule has 49 heavy (non-hydrogen) atoms. The minimum atomic E-state index is -3.64.